The highest BCUT2D eigenvalue weighted by Crippen LogP contribution is 2.24. The van der Waals surface area contributed by atoms with Gasteiger partial charge in [0.2, 0.25) is 0 Å². The van der Waals surface area contributed by atoms with Gasteiger partial charge in [-0.1, -0.05) is 36.4 Å². The first kappa shape index (κ1) is 15.5. The lowest BCUT2D eigenvalue weighted by molar-refractivity contribution is -0.115. The average molecular weight is 322 g/mol. The molecule has 3 amide bonds. The fourth-order valence-electron chi connectivity index (χ4n) is 2.38. The lowest BCUT2D eigenvalue weighted by atomic mass is 10.0. The number of imide groups is 1. The molecule has 1 aliphatic heterocycles. The molecular formula is C18H14N2O4. The fraction of sp³-hybridized carbons (Fsp3) is 0.0556. The number of amides is 3. The van der Waals surface area contributed by atoms with E-state index in [-0.39, 0.29) is 11.5 Å². The molecule has 0 aliphatic carbocycles. The predicted octanol–water partition coefficient (Wildman–Crippen LogP) is 2.11. The summed E-state index contributed by atoms with van der Waals surface area (Å²) in [6.07, 6.45) is 1.51. The van der Waals surface area contributed by atoms with E-state index >= 15 is 0 Å². The molecule has 0 radical (unpaired) electrons. The van der Waals surface area contributed by atoms with Crippen molar-refractivity contribution in [1.29, 1.82) is 0 Å². The van der Waals surface area contributed by atoms with Crippen LogP contribution in [0.1, 0.15) is 21.5 Å². The highest BCUT2D eigenvalue weighted by molar-refractivity contribution is 6.14. The van der Waals surface area contributed by atoms with Crippen LogP contribution in [-0.2, 0) is 4.79 Å². The number of urea groups is 1. The number of carbonyl (C=O) groups is 3. The van der Waals surface area contributed by atoms with Gasteiger partial charge >= 0.3 is 6.03 Å². The highest BCUT2D eigenvalue weighted by Gasteiger charge is 2.23. The first-order valence-corrected chi connectivity index (χ1v) is 7.20. The number of hydrogen-bond acceptors (Lipinski definition) is 4. The fourth-order valence-corrected chi connectivity index (χ4v) is 2.38. The molecule has 2 N–H and O–H groups in total. The van der Waals surface area contributed by atoms with E-state index in [0.717, 1.165) is 0 Å². The monoisotopic (exact) mass is 322 g/mol. The average Bonchev–Trinajstić information content (AvgIpc) is 2.92. The van der Waals surface area contributed by atoms with E-state index < -0.39 is 11.9 Å². The predicted molar refractivity (Wildman–Crippen MR) is 87.5 cm³/mol. The minimum Gasteiger partial charge on any atom is -0.496 e. The zero-order chi connectivity index (χ0) is 17.1. The summed E-state index contributed by atoms with van der Waals surface area (Å²) in [4.78, 5) is 35.2. The largest absolute Gasteiger partial charge is 0.496 e. The number of methoxy groups -OCH3 is 1. The molecule has 0 bridgehead atoms. The van der Waals surface area contributed by atoms with E-state index in [4.69, 9.17) is 4.74 Å². The lowest BCUT2D eigenvalue weighted by Crippen LogP contribution is -2.22. The van der Waals surface area contributed by atoms with Gasteiger partial charge in [-0.2, -0.15) is 0 Å². The third-order valence-corrected chi connectivity index (χ3v) is 3.54. The molecule has 2 aromatic carbocycles. The number of benzene rings is 2. The molecule has 0 atom stereocenters. The SMILES string of the molecule is COc1cc(/C=C2\NC(=O)NC2=O)ccc1C(=O)c1ccccc1. The molecule has 0 spiro atoms. The minimum atomic E-state index is -0.561. The molecule has 3 rings (SSSR count). The van der Waals surface area contributed by atoms with Gasteiger partial charge < -0.3 is 10.1 Å². The van der Waals surface area contributed by atoms with E-state index in [9.17, 15) is 14.4 Å². The molecule has 1 aliphatic rings. The van der Waals surface area contributed by atoms with Crippen LogP contribution in [-0.4, -0.2) is 24.8 Å². The highest BCUT2D eigenvalue weighted by atomic mass is 16.5. The number of carbonyl (C=O) groups excluding carboxylic acids is 3. The Balaban J connectivity index is 1.94. The Bertz CT molecular complexity index is 857. The second-order valence-corrected chi connectivity index (χ2v) is 5.12. The van der Waals surface area contributed by atoms with Crippen molar-refractivity contribution in [1.82, 2.24) is 10.6 Å². The second-order valence-electron chi connectivity index (χ2n) is 5.12. The Hall–Kier alpha value is -3.41. The van der Waals surface area contributed by atoms with E-state index in [1.807, 2.05) is 6.07 Å². The smallest absolute Gasteiger partial charge is 0.326 e. The lowest BCUT2D eigenvalue weighted by Gasteiger charge is -2.09. The molecule has 0 aromatic heterocycles. The molecule has 6 nitrogen and oxygen atoms in total. The summed E-state index contributed by atoms with van der Waals surface area (Å²) in [6, 6.07) is 13.3. The molecule has 1 fully saturated rings. The van der Waals surface area contributed by atoms with E-state index in [0.29, 0.717) is 22.4 Å². The van der Waals surface area contributed by atoms with Crippen molar-refractivity contribution in [2.24, 2.45) is 0 Å². The van der Waals surface area contributed by atoms with Crippen molar-refractivity contribution in [2.75, 3.05) is 7.11 Å². The first-order valence-electron chi connectivity index (χ1n) is 7.20. The van der Waals surface area contributed by atoms with Crippen LogP contribution in [0.2, 0.25) is 0 Å². The van der Waals surface area contributed by atoms with E-state index in [1.165, 1.54) is 13.2 Å². The van der Waals surface area contributed by atoms with Gasteiger partial charge in [-0.05, 0) is 23.8 Å². The number of nitrogens with one attached hydrogen (secondary N) is 2. The van der Waals surface area contributed by atoms with Crippen LogP contribution < -0.4 is 15.4 Å². The molecule has 1 saturated heterocycles. The van der Waals surface area contributed by atoms with Crippen LogP contribution in [0.4, 0.5) is 4.79 Å². The number of ether oxygens (including phenoxy) is 1. The third kappa shape index (κ3) is 3.03. The molecule has 120 valence electrons. The number of rotatable bonds is 4. The maximum Gasteiger partial charge on any atom is 0.326 e. The Morgan fingerprint density at radius 2 is 1.79 bits per heavy atom. The van der Waals surface area contributed by atoms with Gasteiger partial charge in [0, 0.05) is 5.56 Å². The molecular weight excluding hydrogens is 308 g/mol. The van der Waals surface area contributed by atoms with Gasteiger partial charge in [-0.15, -0.1) is 0 Å². The van der Waals surface area contributed by atoms with Crippen molar-refractivity contribution in [2.45, 2.75) is 0 Å². The van der Waals surface area contributed by atoms with Gasteiger partial charge in [-0.3, -0.25) is 14.9 Å². The summed E-state index contributed by atoms with van der Waals surface area (Å²) in [5, 5.41) is 4.53. The Labute approximate surface area is 138 Å². The van der Waals surface area contributed by atoms with Crippen LogP contribution in [0.15, 0.2) is 54.2 Å². The molecule has 1 heterocycles. The maximum atomic E-state index is 12.6. The van der Waals surface area contributed by atoms with Crippen LogP contribution in [0, 0.1) is 0 Å². The van der Waals surface area contributed by atoms with Crippen LogP contribution in [0.5, 0.6) is 5.75 Å². The van der Waals surface area contributed by atoms with Crippen LogP contribution >= 0.6 is 0 Å². The van der Waals surface area contributed by atoms with Crippen molar-refractivity contribution in [3.8, 4) is 5.75 Å². The summed E-state index contributed by atoms with van der Waals surface area (Å²) >= 11 is 0. The standard InChI is InChI=1S/C18H14N2O4/c1-24-15-10-11(9-14-17(22)20-18(23)19-14)7-8-13(15)16(21)12-5-3-2-4-6-12/h2-10H,1H3,(H2,19,20,22,23)/b14-9-. The molecule has 24 heavy (non-hydrogen) atoms. The normalized spacial score (nSPS) is 15.1. The molecule has 0 saturated carbocycles. The van der Waals surface area contributed by atoms with E-state index in [2.05, 4.69) is 10.6 Å². The Morgan fingerprint density at radius 1 is 1.04 bits per heavy atom. The molecule has 2 aromatic rings. The maximum absolute atomic E-state index is 12.6. The van der Waals surface area contributed by atoms with Gasteiger partial charge in [0.1, 0.15) is 11.4 Å². The first-order chi connectivity index (χ1) is 11.6. The summed E-state index contributed by atoms with van der Waals surface area (Å²) in [5.41, 5.74) is 1.75. The van der Waals surface area contributed by atoms with Crippen LogP contribution in [0.25, 0.3) is 6.08 Å². The number of hydrogen-bond donors (Lipinski definition) is 2. The van der Waals surface area contributed by atoms with Crippen molar-refractivity contribution in [3.05, 3.63) is 70.9 Å². The zero-order valence-corrected chi connectivity index (χ0v) is 12.8. The topological polar surface area (TPSA) is 84.5 Å². The van der Waals surface area contributed by atoms with Crippen molar-refractivity contribution < 1.29 is 19.1 Å². The Morgan fingerprint density at radius 3 is 2.42 bits per heavy atom. The zero-order valence-electron chi connectivity index (χ0n) is 12.8. The number of ketones is 1. The molecule has 6 heteroatoms. The van der Waals surface area contributed by atoms with Gasteiger partial charge in [0.05, 0.1) is 12.7 Å². The summed E-state index contributed by atoms with van der Waals surface area (Å²) < 4.78 is 5.30. The van der Waals surface area contributed by atoms with Gasteiger partial charge in [0.25, 0.3) is 5.91 Å². The van der Waals surface area contributed by atoms with Crippen molar-refractivity contribution in [3.63, 3.8) is 0 Å². The summed E-state index contributed by atoms with van der Waals surface area (Å²) in [6.45, 7) is 0. The summed E-state index contributed by atoms with van der Waals surface area (Å²) in [5.74, 6) is -0.259. The third-order valence-electron chi connectivity index (χ3n) is 3.54. The van der Waals surface area contributed by atoms with Gasteiger partial charge in [-0.25, -0.2) is 4.79 Å². The second kappa shape index (κ2) is 6.37. The van der Waals surface area contributed by atoms with Crippen molar-refractivity contribution >= 4 is 23.8 Å². The quantitative estimate of drug-likeness (QED) is 0.513. The van der Waals surface area contributed by atoms with Crippen LogP contribution in [0.3, 0.4) is 0 Å². The molecule has 0 unspecified atom stereocenters. The minimum absolute atomic E-state index is 0.143. The summed E-state index contributed by atoms with van der Waals surface area (Å²) in [7, 11) is 1.47. The van der Waals surface area contributed by atoms with Gasteiger partial charge in [0.15, 0.2) is 5.78 Å². The van der Waals surface area contributed by atoms with E-state index in [1.54, 1.807) is 42.5 Å². The Kier molecular flexibility index (Phi) is 4.11.